The van der Waals surface area contributed by atoms with Crippen molar-refractivity contribution in [3.05, 3.63) is 229 Å². The molecule has 0 unspecified atom stereocenters. The minimum Gasteiger partial charge on any atom is -0.310 e. The molecule has 1 aliphatic carbocycles. The second-order valence-corrected chi connectivity index (χ2v) is 15.4. The van der Waals surface area contributed by atoms with E-state index >= 15 is 0 Å². The standard InChI is InChI=1S/C55H42N2/c1-55(2)51-37-40(28-27-39-29-32-45(33-30-39)56(43-19-5-3-6-20-43)53-25-13-17-41-15-9-11-23-47(41)53)31-35-49(51)50-36-34-46(38-52(50)55)57(44-21-7-4-8-22-44)54-26-14-18-42-16-10-12-24-48(42)54/h3-38H,1-2H3/b28-27+. The third-order valence-electron chi connectivity index (χ3n) is 11.6. The van der Waals surface area contributed by atoms with Crippen molar-refractivity contribution in [2.45, 2.75) is 19.3 Å². The van der Waals surface area contributed by atoms with Crippen LogP contribution in [-0.4, -0.2) is 0 Å². The van der Waals surface area contributed by atoms with Crippen LogP contribution in [0.3, 0.4) is 0 Å². The number of rotatable bonds is 8. The molecule has 0 amide bonds. The Morgan fingerprint density at radius 1 is 0.351 bits per heavy atom. The van der Waals surface area contributed by atoms with Crippen molar-refractivity contribution in [3.63, 3.8) is 0 Å². The fourth-order valence-corrected chi connectivity index (χ4v) is 8.73. The number of benzene rings is 9. The lowest BCUT2D eigenvalue weighted by molar-refractivity contribution is 0.660. The van der Waals surface area contributed by atoms with E-state index in [1.54, 1.807) is 0 Å². The summed E-state index contributed by atoms with van der Waals surface area (Å²) in [5.41, 5.74) is 14.4. The SMILES string of the molecule is CC1(C)c2cc(/C=C/c3ccc(N(c4ccccc4)c4cccc5ccccc45)cc3)ccc2-c2ccc(N(c3ccccc3)c3cccc4ccccc34)cc21. The summed E-state index contributed by atoms with van der Waals surface area (Å²) in [6.07, 6.45) is 4.47. The topological polar surface area (TPSA) is 6.48 Å². The fourth-order valence-electron chi connectivity index (χ4n) is 8.73. The summed E-state index contributed by atoms with van der Waals surface area (Å²) in [5, 5.41) is 4.92. The van der Waals surface area contributed by atoms with Crippen LogP contribution >= 0.6 is 0 Å². The Kier molecular flexibility index (Phi) is 8.53. The van der Waals surface area contributed by atoms with E-state index in [1.165, 1.54) is 55.0 Å². The molecule has 0 saturated heterocycles. The Balaban J connectivity index is 0.960. The van der Waals surface area contributed by atoms with Crippen LogP contribution in [0.5, 0.6) is 0 Å². The maximum absolute atomic E-state index is 2.41. The number of hydrogen-bond donors (Lipinski definition) is 0. The second-order valence-electron chi connectivity index (χ2n) is 15.4. The van der Waals surface area contributed by atoms with Crippen molar-refractivity contribution < 1.29 is 0 Å². The molecule has 0 fully saturated rings. The van der Waals surface area contributed by atoms with Gasteiger partial charge in [0.2, 0.25) is 0 Å². The van der Waals surface area contributed by atoms with Crippen molar-refractivity contribution in [1.29, 1.82) is 0 Å². The van der Waals surface area contributed by atoms with Crippen LogP contribution < -0.4 is 9.80 Å². The molecule has 0 aromatic heterocycles. The van der Waals surface area contributed by atoms with Crippen LogP contribution in [-0.2, 0) is 5.41 Å². The molecular formula is C55H42N2. The lowest BCUT2D eigenvalue weighted by Crippen LogP contribution is -2.16. The van der Waals surface area contributed by atoms with Gasteiger partial charge >= 0.3 is 0 Å². The Labute approximate surface area is 335 Å². The van der Waals surface area contributed by atoms with E-state index in [0.717, 1.165) is 34.0 Å². The summed E-state index contributed by atoms with van der Waals surface area (Å²) >= 11 is 0. The minimum absolute atomic E-state index is 0.171. The molecule has 0 radical (unpaired) electrons. The molecular weight excluding hydrogens is 689 g/mol. The van der Waals surface area contributed by atoms with Gasteiger partial charge in [-0.25, -0.2) is 0 Å². The number of anilines is 6. The van der Waals surface area contributed by atoms with Gasteiger partial charge in [0.15, 0.2) is 0 Å². The molecule has 57 heavy (non-hydrogen) atoms. The van der Waals surface area contributed by atoms with Crippen LogP contribution in [0.1, 0.15) is 36.1 Å². The molecule has 9 aromatic carbocycles. The lowest BCUT2D eigenvalue weighted by Gasteiger charge is -2.29. The van der Waals surface area contributed by atoms with Gasteiger partial charge < -0.3 is 9.80 Å². The molecule has 0 bridgehead atoms. The molecule has 0 atom stereocenters. The van der Waals surface area contributed by atoms with Crippen LogP contribution in [0.4, 0.5) is 34.1 Å². The third-order valence-corrected chi connectivity index (χ3v) is 11.6. The highest BCUT2D eigenvalue weighted by atomic mass is 15.1. The zero-order chi connectivity index (χ0) is 38.3. The zero-order valence-electron chi connectivity index (χ0n) is 32.2. The number of hydrogen-bond acceptors (Lipinski definition) is 2. The van der Waals surface area contributed by atoms with E-state index in [9.17, 15) is 0 Å². The van der Waals surface area contributed by atoms with E-state index in [4.69, 9.17) is 0 Å². The molecule has 0 saturated carbocycles. The predicted octanol–water partition coefficient (Wildman–Crippen LogP) is 15.4. The number of nitrogens with zero attached hydrogens (tertiary/aromatic N) is 2. The van der Waals surface area contributed by atoms with E-state index in [1.807, 2.05) is 0 Å². The first kappa shape index (κ1) is 34.3. The average Bonchev–Trinajstić information content (AvgIpc) is 3.49. The first-order chi connectivity index (χ1) is 28.0. The highest BCUT2D eigenvalue weighted by Crippen LogP contribution is 2.51. The first-order valence-corrected chi connectivity index (χ1v) is 19.8. The monoisotopic (exact) mass is 730 g/mol. The Morgan fingerprint density at radius 3 is 1.37 bits per heavy atom. The molecule has 1 aliphatic rings. The lowest BCUT2D eigenvalue weighted by atomic mass is 9.81. The normalized spacial score (nSPS) is 12.8. The number of fused-ring (bicyclic) bond motifs is 5. The smallest absolute Gasteiger partial charge is 0.0540 e. The van der Waals surface area contributed by atoms with Crippen LogP contribution in [0.25, 0.3) is 44.8 Å². The third kappa shape index (κ3) is 6.16. The summed E-state index contributed by atoms with van der Waals surface area (Å²) in [6.45, 7) is 4.74. The average molecular weight is 731 g/mol. The Hall–Kier alpha value is -7.16. The molecule has 2 nitrogen and oxygen atoms in total. The molecule has 0 aliphatic heterocycles. The molecule has 10 rings (SSSR count). The van der Waals surface area contributed by atoms with Gasteiger partial charge in [-0.2, -0.15) is 0 Å². The van der Waals surface area contributed by atoms with Gasteiger partial charge in [0.05, 0.1) is 11.4 Å². The second kappa shape index (κ2) is 14.2. The molecule has 272 valence electrons. The molecule has 2 heteroatoms. The van der Waals surface area contributed by atoms with Crippen molar-refractivity contribution in [2.24, 2.45) is 0 Å². The summed E-state index contributed by atoms with van der Waals surface area (Å²) in [5.74, 6) is 0. The van der Waals surface area contributed by atoms with E-state index in [0.29, 0.717) is 0 Å². The summed E-state index contributed by atoms with van der Waals surface area (Å²) in [7, 11) is 0. The molecule has 0 N–H and O–H groups in total. The Bertz CT molecular complexity index is 2910. The zero-order valence-corrected chi connectivity index (χ0v) is 32.2. The fraction of sp³-hybridized carbons (Fsp3) is 0.0545. The maximum atomic E-state index is 2.41. The molecule has 9 aromatic rings. The maximum Gasteiger partial charge on any atom is 0.0540 e. The van der Waals surface area contributed by atoms with Gasteiger partial charge in [-0.3, -0.25) is 0 Å². The largest absolute Gasteiger partial charge is 0.310 e. The van der Waals surface area contributed by atoms with Crippen LogP contribution in [0.2, 0.25) is 0 Å². The summed E-state index contributed by atoms with van der Waals surface area (Å²) < 4.78 is 0. The van der Waals surface area contributed by atoms with Gasteiger partial charge in [-0.05, 0) is 105 Å². The van der Waals surface area contributed by atoms with Crippen molar-refractivity contribution in [2.75, 3.05) is 9.80 Å². The number of para-hydroxylation sites is 2. The van der Waals surface area contributed by atoms with Crippen LogP contribution in [0, 0.1) is 0 Å². The highest BCUT2D eigenvalue weighted by molar-refractivity contribution is 6.00. The molecule has 0 heterocycles. The minimum atomic E-state index is -0.171. The van der Waals surface area contributed by atoms with Gasteiger partial charge in [0.1, 0.15) is 0 Å². The van der Waals surface area contributed by atoms with E-state index in [2.05, 4.69) is 242 Å². The van der Waals surface area contributed by atoms with Gasteiger partial charge in [0, 0.05) is 38.9 Å². The highest BCUT2D eigenvalue weighted by Gasteiger charge is 2.36. The van der Waals surface area contributed by atoms with Crippen LogP contribution in [0.15, 0.2) is 206 Å². The van der Waals surface area contributed by atoms with Crippen molar-refractivity contribution in [3.8, 4) is 11.1 Å². The first-order valence-electron chi connectivity index (χ1n) is 19.8. The summed E-state index contributed by atoms with van der Waals surface area (Å²) in [6, 6.07) is 74.6. The van der Waals surface area contributed by atoms with E-state index in [-0.39, 0.29) is 5.41 Å². The quantitative estimate of drug-likeness (QED) is 0.144. The predicted molar refractivity (Wildman–Crippen MR) is 244 cm³/mol. The van der Waals surface area contributed by atoms with Crippen molar-refractivity contribution >= 4 is 67.8 Å². The van der Waals surface area contributed by atoms with Gasteiger partial charge in [0.25, 0.3) is 0 Å². The molecule has 0 spiro atoms. The van der Waals surface area contributed by atoms with Gasteiger partial charge in [-0.15, -0.1) is 0 Å². The van der Waals surface area contributed by atoms with Crippen molar-refractivity contribution in [1.82, 2.24) is 0 Å². The summed E-state index contributed by atoms with van der Waals surface area (Å²) in [4.78, 5) is 4.75. The Morgan fingerprint density at radius 2 is 0.772 bits per heavy atom. The van der Waals surface area contributed by atoms with Gasteiger partial charge in [-0.1, -0.05) is 172 Å². The van der Waals surface area contributed by atoms with E-state index < -0.39 is 0 Å².